The summed E-state index contributed by atoms with van der Waals surface area (Å²) in [7, 11) is 0. The lowest BCUT2D eigenvalue weighted by Gasteiger charge is -2.14. The summed E-state index contributed by atoms with van der Waals surface area (Å²) in [5.74, 6) is 0.606. The molecule has 1 atom stereocenters. The molecule has 0 aromatic carbocycles. The van der Waals surface area contributed by atoms with Crippen molar-refractivity contribution >= 4 is 17.9 Å². The molecule has 0 amide bonds. The Hall–Kier alpha value is -2.82. The molecule has 3 rings (SSSR count). The Bertz CT molecular complexity index is 1040. The lowest BCUT2D eigenvalue weighted by Crippen LogP contribution is -2.16. The van der Waals surface area contributed by atoms with Gasteiger partial charge in [0.15, 0.2) is 10.6 Å². The predicted octanol–water partition coefficient (Wildman–Crippen LogP) is 2.79. The zero-order valence-electron chi connectivity index (χ0n) is 15.2. The maximum atomic E-state index is 11.3. The Labute approximate surface area is 154 Å². The Balaban J connectivity index is 2.15. The lowest BCUT2D eigenvalue weighted by atomic mass is 10.2. The molecule has 3 aromatic rings. The van der Waals surface area contributed by atoms with Gasteiger partial charge in [0.05, 0.1) is 22.5 Å². The second kappa shape index (κ2) is 6.48. The van der Waals surface area contributed by atoms with Gasteiger partial charge in [-0.1, -0.05) is 0 Å². The van der Waals surface area contributed by atoms with E-state index in [-0.39, 0.29) is 11.7 Å². The first-order valence-corrected chi connectivity index (χ1v) is 8.58. The smallest absolute Gasteiger partial charge is 0.268 e. The average Bonchev–Trinajstić information content (AvgIpc) is 3.22. The molecule has 0 saturated carbocycles. The standard InChI is InChI=1S/C15H20N8O2S/c1-6-20-9(3)12(7-16-20)21-14(17-18-15(21)26)11(5)22-10(4)13(23(24)25)8(2)19-22/h7,11H,6H2,1-5H3,(H,18,26)/t11-/m0/s1. The zero-order valence-corrected chi connectivity index (χ0v) is 16.0. The van der Waals surface area contributed by atoms with Crippen LogP contribution in [0.15, 0.2) is 6.20 Å². The number of aromatic nitrogens is 7. The molecule has 3 aromatic heterocycles. The van der Waals surface area contributed by atoms with E-state index in [0.717, 1.165) is 17.9 Å². The predicted molar refractivity (Wildman–Crippen MR) is 97.1 cm³/mol. The van der Waals surface area contributed by atoms with Crippen LogP contribution < -0.4 is 0 Å². The van der Waals surface area contributed by atoms with Gasteiger partial charge in [0.1, 0.15) is 17.4 Å². The van der Waals surface area contributed by atoms with Crippen molar-refractivity contribution in [1.82, 2.24) is 34.3 Å². The van der Waals surface area contributed by atoms with Gasteiger partial charge in [0.25, 0.3) is 0 Å². The van der Waals surface area contributed by atoms with Crippen molar-refractivity contribution < 1.29 is 4.92 Å². The fraction of sp³-hybridized carbons (Fsp3) is 0.467. The number of nitrogens with one attached hydrogen (secondary N) is 1. The van der Waals surface area contributed by atoms with Gasteiger partial charge < -0.3 is 0 Å². The van der Waals surface area contributed by atoms with Crippen LogP contribution in [0.2, 0.25) is 0 Å². The van der Waals surface area contributed by atoms with Crippen molar-refractivity contribution in [3.63, 3.8) is 0 Å². The molecular formula is C15H20N8O2S. The van der Waals surface area contributed by atoms with Gasteiger partial charge in [-0.05, 0) is 46.8 Å². The second-order valence-electron chi connectivity index (χ2n) is 6.05. The van der Waals surface area contributed by atoms with Crippen molar-refractivity contribution in [3.05, 3.63) is 44.0 Å². The van der Waals surface area contributed by atoms with Crippen LogP contribution in [-0.4, -0.2) is 39.2 Å². The summed E-state index contributed by atoms with van der Waals surface area (Å²) in [5.41, 5.74) is 2.64. The van der Waals surface area contributed by atoms with E-state index in [1.165, 1.54) is 0 Å². The Kier molecular flexibility index (Phi) is 4.48. The second-order valence-corrected chi connectivity index (χ2v) is 6.44. The first kappa shape index (κ1) is 18.0. The number of H-pyrrole nitrogens is 1. The molecule has 1 N–H and O–H groups in total. The van der Waals surface area contributed by atoms with Crippen molar-refractivity contribution in [3.8, 4) is 5.69 Å². The fourth-order valence-electron chi connectivity index (χ4n) is 3.20. The molecule has 0 spiro atoms. The molecule has 0 fully saturated rings. The SMILES string of the molecule is CCn1ncc(-n2c([C@H](C)n3nc(C)c([N+](=O)[O-])c3C)n[nH]c2=S)c1C. The van der Waals surface area contributed by atoms with Gasteiger partial charge >= 0.3 is 5.69 Å². The third kappa shape index (κ3) is 2.64. The maximum absolute atomic E-state index is 11.3. The number of nitrogens with zero attached hydrogens (tertiary/aromatic N) is 7. The van der Waals surface area contributed by atoms with Gasteiger partial charge in [0.2, 0.25) is 0 Å². The summed E-state index contributed by atoms with van der Waals surface area (Å²) in [6.45, 7) is 9.90. The van der Waals surface area contributed by atoms with Crippen LogP contribution in [0, 0.1) is 35.7 Å². The summed E-state index contributed by atoms with van der Waals surface area (Å²) in [6, 6.07) is -0.361. The highest BCUT2D eigenvalue weighted by atomic mass is 32.1. The highest BCUT2D eigenvalue weighted by Crippen LogP contribution is 2.28. The molecular weight excluding hydrogens is 356 g/mol. The fourth-order valence-corrected chi connectivity index (χ4v) is 3.44. The molecule has 0 aliphatic rings. The normalized spacial score (nSPS) is 12.5. The van der Waals surface area contributed by atoms with Crippen LogP contribution in [0.4, 0.5) is 5.69 Å². The van der Waals surface area contributed by atoms with E-state index < -0.39 is 4.92 Å². The van der Waals surface area contributed by atoms with Crippen LogP contribution >= 0.6 is 12.2 Å². The minimum atomic E-state index is -0.409. The third-order valence-corrected chi connectivity index (χ3v) is 4.80. The largest absolute Gasteiger partial charge is 0.312 e. The van der Waals surface area contributed by atoms with Gasteiger partial charge in [-0.15, -0.1) is 0 Å². The number of rotatable bonds is 5. The molecule has 0 unspecified atom stereocenters. The van der Waals surface area contributed by atoms with Crippen LogP contribution in [0.1, 0.15) is 42.8 Å². The van der Waals surface area contributed by atoms with Crippen molar-refractivity contribution in [2.75, 3.05) is 0 Å². The summed E-state index contributed by atoms with van der Waals surface area (Å²) in [6.07, 6.45) is 1.74. The molecule has 0 radical (unpaired) electrons. The topological polar surface area (TPSA) is 112 Å². The van der Waals surface area contributed by atoms with Gasteiger partial charge in [-0.3, -0.25) is 29.1 Å². The van der Waals surface area contributed by atoms with Gasteiger partial charge in [0, 0.05) is 6.54 Å². The molecule has 0 bridgehead atoms. The van der Waals surface area contributed by atoms with Crippen LogP contribution in [0.25, 0.3) is 5.69 Å². The third-order valence-electron chi connectivity index (χ3n) is 4.53. The highest BCUT2D eigenvalue weighted by molar-refractivity contribution is 7.71. The van der Waals surface area contributed by atoms with Crippen molar-refractivity contribution in [2.24, 2.45) is 0 Å². The zero-order chi connectivity index (χ0) is 19.2. The highest BCUT2D eigenvalue weighted by Gasteiger charge is 2.27. The number of nitro groups is 1. The van der Waals surface area contributed by atoms with Crippen LogP contribution in [-0.2, 0) is 6.54 Å². The number of aromatic amines is 1. The maximum Gasteiger partial charge on any atom is 0.312 e. The molecule has 11 heteroatoms. The Morgan fingerprint density at radius 1 is 1.35 bits per heavy atom. The van der Waals surface area contributed by atoms with E-state index in [9.17, 15) is 10.1 Å². The summed E-state index contributed by atoms with van der Waals surface area (Å²) >= 11 is 5.40. The first-order valence-electron chi connectivity index (χ1n) is 8.18. The molecule has 26 heavy (non-hydrogen) atoms. The van der Waals surface area contributed by atoms with E-state index in [2.05, 4.69) is 20.4 Å². The monoisotopic (exact) mass is 376 g/mol. The first-order chi connectivity index (χ1) is 12.3. The van der Waals surface area contributed by atoms with Crippen LogP contribution in [0.3, 0.4) is 0 Å². The lowest BCUT2D eigenvalue weighted by molar-refractivity contribution is -0.386. The van der Waals surface area contributed by atoms with E-state index in [1.807, 2.05) is 25.5 Å². The van der Waals surface area contributed by atoms with E-state index >= 15 is 0 Å². The number of aryl methyl sites for hydroxylation is 2. The number of hydrogen-bond donors (Lipinski definition) is 1. The minimum Gasteiger partial charge on any atom is -0.268 e. The molecule has 138 valence electrons. The van der Waals surface area contributed by atoms with E-state index in [1.54, 1.807) is 29.3 Å². The Morgan fingerprint density at radius 2 is 2.04 bits per heavy atom. The van der Waals surface area contributed by atoms with Crippen LogP contribution in [0.5, 0.6) is 0 Å². The molecule has 3 heterocycles. The quantitative estimate of drug-likeness (QED) is 0.416. The summed E-state index contributed by atoms with van der Waals surface area (Å²) < 4.78 is 5.71. The molecule has 0 aliphatic heterocycles. The molecule has 10 nitrogen and oxygen atoms in total. The minimum absolute atomic E-state index is 0.0208. The van der Waals surface area contributed by atoms with E-state index in [0.29, 0.717) is 22.0 Å². The van der Waals surface area contributed by atoms with E-state index in [4.69, 9.17) is 12.2 Å². The summed E-state index contributed by atoms with van der Waals surface area (Å²) in [5, 5.41) is 27.1. The average molecular weight is 376 g/mol. The molecule has 0 aliphatic carbocycles. The molecule has 0 saturated heterocycles. The van der Waals surface area contributed by atoms with Gasteiger partial charge in [-0.2, -0.15) is 15.3 Å². The number of hydrogen-bond acceptors (Lipinski definition) is 6. The summed E-state index contributed by atoms with van der Waals surface area (Å²) in [4.78, 5) is 10.9. The Morgan fingerprint density at radius 3 is 2.58 bits per heavy atom. The van der Waals surface area contributed by atoms with Crippen molar-refractivity contribution in [1.29, 1.82) is 0 Å². The van der Waals surface area contributed by atoms with Crippen molar-refractivity contribution in [2.45, 2.75) is 47.2 Å². The van der Waals surface area contributed by atoms with Gasteiger partial charge in [-0.25, -0.2) is 0 Å².